The molecule has 0 spiro atoms. The van der Waals surface area contributed by atoms with Gasteiger partial charge >= 0.3 is 6.18 Å². The maximum atomic E-state index is 12.3. The summed E-state index contributed by atoms with van der Waals surface area (Å²) in [6.07, 6.45) is -3.69. The molecule has 1 heterocycles. The Morgan fingerprint density at radius 3 is 2.71 bits per heavy atom. The molecule has 0 aliphatic carbocycles. The minimum Gasteiger partial charge on any atom is -0.380 e. The lowest BCUT2D eigenvalue weighted by atomic mass is 10.3. The third-order valence-electron chi connectivity index (χ3n) is 1.91. The second-order valence-corrected chi connectivity index (χ2v) is 3.58. The van der Waals surface area contributed by atoms with Gasteiger partial charge in [0, 0.05) is 19.3 Å². The van der Waals surface area contributed by atoms with Crippen LogP contribution >= 0.6 is 11.6 Å². The van der Waals surface area contributed by atoms with E-state index >= 15 is 0 Å². The highest BCUT2D eigenvalue weighted by Crippen LogP contribution is 2.32. The molecule has 0 unspecified atom stereocenters. The van der Waals surface area contributed by atoms with Crippen LogP contribution in [0.1, 0.15) is 12.5 Å². The maximum Gasteiger partial charge on any atom is 0.417 e. The smallest absolute Gasteiger partial charge is 0.380 e. The van der Waals surface area contributed by atoms with Gasteiger partial charge in [-0.25, -0.2) is 4.98 Å². The van der Waals surface area contributed by atoms with Crippen molar-refractivity contribution in [3.05, 3.63) is 22.8 Å². The van der Waals surface area contributed by atoms with Crippen LogP contribution in [0.2, 0.25) is 5.02 Å². The van der Waals surface area contributed by atoms with E-state index in [1.807, 2.05) is 6.92 Å². The predicted octanol–water partition coefficient (Wildman–Crippen LogP) is 3.20. The maximum absolute atomic E-state index is 12.3. The van der Waals surface area contributed by atoms with E-state index in [4.69, 9.17) is 16.3 Å². The van der Waals surface area contributed by atoms with Crippen molar-refractivity contribution in [3.8, 4) is 0 Å². The molecule has 1 rings (SSSR count). The summed E-state index contributed by atoms with van der Waals surface area (Å²) in [6, 6.07) is 0.845. The molecule has 0 atom stereocenters. The number of nitrogens with zero attached hydrogens (tertiary/aromatic N) is 1. The molecule has 3 nitrogen and oxygen atoms in total. The number of ether oxygens (including phenoxy) is 1. The highest BCUT2D eigenvalue weighted by molar-refractivity contribution is 6.32. The molecule has 0 aliphatic heterocycles. The van der Waals surface area contributed by atoms with Crippen LogP contribution < -0.4 is 5.32 Å². The van der Waals surface area contributed by atoms with Crippen LogP contribution in [0.15, 0.2) is 12.3 Å². The molecule has 0 bridgehead atoms. The van der Waals surface area contributed by atoms with Crippen LogP contribution in [0.5, 0.6) is 0 Å². The van der Waals surface area contributed by atoms with E-state index in [1.54, 1.807) is 0 Å². The van der Waals surface area contributed by atoms with Crippen molar-refractivity contribution in [1.29, 1.82) is 0 Å². The van der Waals surface area contributed by atoms with E-state index in [9.17, 15) is 13.2 Å². The van der Waals surface area contributed by atoms with Gasteiger partial charge in [0.05, 0.1) is 17.2 Å². The molecule has 0 fully saturated rings. The number of anilines is 1. The Balaban J connectivity index is 2.64. The molecule has 0 amide bonds. The van der Waals surface area contributed by atoms with Crippen LogP contribution in [0.3, 0.4) is 0 Å². The SMILES string of the molecule is CCOCCNc1ncc(C(F)(F)F)cc1Cl. The van der Waals surface area contributed by atoms with Gasteiger partial charge in [0.25, 0.3) is 0 Å². The van der Waals surface area contributed by atoms with Crippen LogP contribution in [-0.4, -0.2) is 24.7 Å². The fraction of sp³-hybridized carbons (Fsp3) is 0.500. The van der Waals surface area contributed by atoms with Crippen molar-refractivity contribution in [3.63, 3.8) is 0 Å². The molecule has 0 saturated heterocycles. The summed E-state index contributed by atoms with van der Waals surface area (Å²) in [5.41, 5.74) is -0.863. The van der Waals surface area contributed by atoms with Gasteiger partial charge in [-0.1, -0.05) is 11.6 Å². The van der Waals surface area contributed by atoms with E-state index < -0.39 is 11.7 Å². The lowest BCUT2D eigenvalue weighted by molar-refractivity contribution is -0.137. The molecule has 0 radical (unpaired) electrons. The minimum atomic E-state index is -4.43. The van der Waals surface area contributed by atoms with Gasteiger partial charge in [0.1, 0.15) is 5.82 Å². The van der Waals surface area contributed by atoms with Crippen LogP contribution in [0.4, 0.5) is 19.0 Å². The third-order valence-corrected chi connectivity index (χ3v) is 2.20. The Morgan fingerprint density at radius 1 is 1.47 bits per heavy atom. The van der Waals surface area contributed by atoms with Crippen molar-refractivity contribution in [1.82, 2.24) is 4.98 Å². The number of hydrogen-bond acceptors (Lipinski definition) is 3. The first-order valence-corrected chi connectivity index (χ1v) is 5.37. The zero-order valence-corrected chi connectivity index (χ0v) is 9.90. The average Bonchev–Trinajstić information content (AvgIpc) is 2.24. The Hall–Kier alpha value is -1.01. The summed E-state index contributed by atoms with van der Waals surface area (Å²) >= 11 is 5.68. The van der Waals surface area contributed by atoms with Crippen LogP contribution in [-0.2, 0) is 10.9 Å². The van der Waals surface area contributed by atoms with Gasteiger partial charge in [-0.2, -0.15) is 13.2 Å². The first-order valence-electron chi connectivity index (χ1n) is 4.99. The number of rotatable bonds is 5. The normalized spacial score (nSPS) is 11.6. The average molecular weight is 269 g/mol. The van der Waals surface area contributed by atoms with Crippen molar-refractivity contribution in [2.45, 2.75) is 13.1 Å². The first kappa shape index (κ1) is 14.1. The number of aromatic nitrogens is 1. The summed E-state index contributed by atoms with van der Waals surface area (Å²) in [7, 11) is 0. The van der Waals surface area contributed by atoms with Crippen LogP contribution in [0.25, 0.3) is 0 Å². The Labute approximate surface area is 102 Å². The van der Waals surface area contributed by atoms with E-state index in [2.05, 4.69) is 10.3 Å². The molecular formula is C10H12ClF3N2O. The second-order valence-electron chi connectivity index (χ2n) is 3.18. The zero-order valence-electron chi connectivity index (χ0n) is 9.14. The molecule has 7 heteroatoms. The van der Waals surface area contributed by atoms with Gasteiger partial charge in [-0.15, -0.1) is 0 Å². The second kappa shape index (κ2) is 6.07. The van der Waals surface area contributed by atoms with Crippen molar-refractivity contribution in [2.75, 3.05) is 25.1 Å². The summed E-state index contributed by atoms with van der Waals surface area (Å²) in [6.45, 7) is 3.31. The number of halogens is 4. The molecular weight excluding hydrogens is 257 g/mol. The minimum absolute atomic E-state index is 0.0590. The Kier molecular flexibility index (Phi) is 5.02. The fourth-order valence-corrected chi connectivity index (χ4v) is 1.34. The van der Waals surface area contributed by atoms with Gasteiger partial charge in [-0.3, -0.25) is 0 Å². The lowest BCUT2D eigenvalue weighted by Crippen LogP contribution is -2.12. The summed E-state index contributed by atoms with van der Waals surface area (Å²) < 4.78 is 42.0. The largest absolute Gasteiger partial charge is 0.417 e. The van der Waals surface area contributed by atoms with E-state index in [-0.39, 0.29) is 10.8 Å². The van der Waals surface area contributed by atoms with Crippen LogP contribution in [0, 0.1) is 0 Å². The summed E-state index contributed by atoms with van der Waals surface area (Å²) in [5.74, 6) is 0.222. The molecule has 0 aromatic carbocycles. The molecule has 96 valence electrons. The molecule has 0 aliphatic rings. The monoisotopic (exact) mass is 268 g/mol. The number of nitrogens with one attached hydrogen (secondary N) is 1. The highest BCUT2D eigenvalue weighted by atomic mass is 35.5. The predicted molar refractivity (Wildman–Crippen MR) is 59.2 cm³/mol. The summed E-state index contributed by atoms with van der Waals surface area (Å²) in [4.78, 5) is 3.62. The Morgan fingerprint density at radius 2 is 2.18 bits per heavy atom. The molecule has 1 N–H and O–H groups in total. The topological polar surface area (TPSA) is 34.1 Å². The highest BCUT2D eigenvalue weighted by Gasteiger charge is 2.31. The standard InChI is InChI=1S/C10H12ClF3N2O/c1-2-17-4-3-15-9-8(11)5-7(6-16-9)10(12,13)14/h5-6H,2-4H2,1H3,(H,15,16). The van der Waals surface area contributed by atoms with Crippen molar-refractivity contribution >= 4 is 17.4 Å². The van der Waals surface area contributed by atoms with Crippen molar-refractivity contribution < 1.29 is 17.9 Å². The molecule has 0 saturated carbocycles. The van der Waals surface area contributed by atoms with Gasteiger partial charge in [-0.05, 0) is 13.0 Å². The lowest BCUT2D eigenvalue weighted by Gasteiger charge is -2.10. The summed E-state index contributed by atoms with van der Waals surface area (Å²) in [5, 5.41) is 2.73. The number of pyridine rings is 1. The number of alkyl halides is 3. The molecule has 1 aromatic rings. The van der Waals surface area contributed by atoms with E-state index in [1.165, 1.54) is 0 Å². The van der Waals surface area contributed by atoms with E-state index in [0.29, 0.717) is 19.8 Å². The van der Waals surface area contributed by atoms with Gasteiger partial charge in [0.15, 0.2) is 0 Å². The molecule has 1 aromatic heterocycles. The molecule has 17 heavy (non-hydrogen) atoms. The fourth-order valence-electron chi connectivity index (χ4n) is 1.11. The first-order chi connectivity index (χ1) is 7.95. The zero-order chi connectivity index (χ0) is 12.9. The van der Waals surface area contributed by atoms with Gasteiger partial charge < -0.3 is 10.1 Å². The quantitative estimate of drug-likeness (QED) is 0.833. The third kappa shape index (κ3) is 4.40. The Bertz CT molecular complexity index is 371. The van der Waals surface area contributed by atoms with Crippen molar-refractivity contribution in [2.24, 2.45) is 0 Å². The van der Waals surface area contributed by atoms with E-state index in [0.717, 1.165) is 12.3 Å². The van der Waals surface area contributed by atoms with Gasteiger partial charge in [0.2, 0.25) is 0 Å². The number of hydrogen-bond donors (Lipinski definition) is 1.